The second kappa shape index (κ2) is 9.67. The number of esters is 1. The zero-order chi connectivity index (χ0) is 22.5. The Hall–Kier alpha value is -3.30. The fourth-order valence-corrected chi connectivity index (χ4v) is 3.62. The molecule has 10 heteroatoms. The van der Waals surface area contributed by atoms with Gasteiger partial charge < -0.3 is 15.2 Å². The SMILES string of the molecule is CCOc1cc(/C=C2\SC(=O)N(CC(N)=O)C2=O)ccc1OC(=O)c1ccc(Cl)cc1. The van der Waals surface area contributed by atoms with E-state index in [1.165, 1.54) is 12.1 Å². The maximum atomic E-state index is 12.4. The first-order valence-corrected chi connectivity index (χ1v) is 10.3. The van der Waals surface area contributed by atoms with E-state index < -0.39 is 29.6 Å². The molecule has 160 valence electrons. The van der Waals surface area contributed by atoms with E-state index in [1.54, 1.807) is 43.3 Å². The lowest BCUT2D eigenvalue weighted by atomic mass is 10.1. The van der Waals surface area contributed by atoms with Gasteiger partial charge in [-0.25, -0.2) is 4.79 Å². The van der Waals surface area contributed by atoms with E-state index in [0.29, 0.717) is 34.5 Å². The van der Waals surface area contributed by atoms with Crippen molar-refractivity contribution >= 4 is 52.5 Å². The van der Waals surface area contributed by atoms with Gasteiger partial charge >= 0.3 is 5.97 Å². The molecule has 1 fully saturated rings. The van der Waals surface area contributed by atoms with Crippen molar-refractivity contribution in [3.8, 4) is 11.5 Å². The third-order valence-electron chi connectivity index (χ3n) is 4.04. The van der Waals surface area contributed by atoms with Crippen LogP contribution in [0.2, 0.25) is 5.02 Å². The largest absolute Gasteiger partial charge is 0.490 e. The summed E-state index contributed by atoms with van der Waals surface area (Å²) >= 11 is 6.54. The number of carbonyl (C=O) groups is 4. The van der Waals surface area contributed by atoms with Crippen molar-refractivity contribution in [1.82, 2.24) is 4.90 Å². The van der Waals surface area contributed by atoms with Gasteiger partial charge in [0.15, 0.2) is 11.5 Å². The summed E-state index contributed by atoms with van der Waals surface area (Å²) in [6, 6.07) is 11.0. The summed E-state index contributed by atoms with van der Waals surface area (Å²) in [5.41, 5.74) is 5.93. The van der Waals surface area contributed by atoms with E-state index in [0.717, 1.165) is 4.90 Å². The fraction of sp³-hybridized carbons (Fsp3) is 0.143. The Morgan fingerprint density at radius 2 is 1.84 bits per heavy atom. The Balaban J connectivity index is 1.83. The van der Waals surface area contributed by atoms with Gasteiger partial charge in [-0.05, 0) is 66.7 Å². The summed E-state index contributed by atoms with van der Waals surface area (Å²) in [6.07, 6.45) is 1.49. The number of rotatable bonds is 7. The first kappa shape index (κ1) is 22.4. The van der Waals surface area contributed by atoms with Crippen LogP contribution in [0.5, 0.6) is 11.5 Å². The van der Waals surface area contributed by atoms with Crippen molar-refractivity contribution in [3.63, 3.8) is 0 Å². The van der Waals surface area contributed by atoms with Gasteiger partial charge in [-0.15, -0.1) is 0 Å². The lowest BCUT2D eigenvalue weighted by Gasteiger charge is -2.12. The van der Waals surface area contributed by atoms with Crippen LogP contribution < -0.4 is 15.2 Å². The monoisotopic (exact) mass is 460 g/mol. The van der Waals surface area contributed by atoms with E-state index in [-0.39, 0.29) is 16.4 Å². The molecule has 0 saturated carbocycles. The highest BCUT2D eigenvalue weighted by molar-refractivity contribution is 8.18. The average Bonchev–Trinajstić information content (AvgIpc) is 2.97. The fourth-order valence-electron chi connectivity index (χ4n) is 2.66. The lowest BCUT2D eigenvalue weighted by molar-refractivity contribution is -0.127. The Morgan fingerprint density at radius 3 is 2.48 bits per heavy atom. The Kier molecular flexibility index (Phi) is 6.98. The molecular weight excluding hydrogens is 444 g/mol. The summed E-state index contributed by atoms with van der Waals surface area (Å²) in [7, 11) is 0. The number of carbonyl (C=O) groups excluding carboxylic acids is 4. The molecule has 3 rings (SSSR count). The number of ether oxygens (including phenoxy) is 2. The number of hydrogen-bond donors (Lipinski definition) is 1. The second-order valence-electron chi connectivity index (χ2n) is 6.27. The lowest BCUT2D eigenvalue weighted by Crippen LogP contribution is -2.36. The third kappa shape index (κ3) is 5.44. The molecule has 0 bridgehead atoms. The van der Waals surface area contributed by atoms with Crippen LogP contribution in [-0.4, -0.2) is 41.1 Å². The van der Waals surface area contributed by atoms with Crippen LogP contribution in [0.15, 0.2) is 47.4 Å². The van der Waals surface area contributed by atoms with Crippen molar-refractivity contribution in [1.29, 1.82) is 0 Å². The summed E-state index contributed by atoms with van der Waals surface area (Å²) in [5.74, 6) is -1.49. The maximum absolute atomic E-state index is 12.4. The number of benzene rings is 2. The quantitative estimate of drug-likeness (QED) is 0.382. The van der Waals surface area contributed by atoms with Crippen LogP contribution in [0.25, 0.3) is 6.08 Å². The van der Waals surface area contributed by atoms with Gasteiger partial charge in [0.2, 0.25) is 5.91 Å². The molecule has 0 atom stereocenters. The van der Waals surface area contributed by atoms with Gasteiger partial charge in [0.05, 0.1) is 17.1 Å². The van der Waals surface area contributed by atoms with Gasteiger partial charge in [0.25, 0.3) is 11.1 Å². The molecule has 0 radical (unpaired) electrons. The molecule has 2 aromatic rings. The predicted molar refractivity (Wildman–Crippen MR) is 116 cm³/mol. The Morgan fingerprint density at radius 1 is 1.13 bits per heavy atom. The predicted octanol–water partition coefficient (Wildman–Crippen LogP) is 3.48. The second-order valence-corrected chi connectivity index (χ2v) is 7.70. The van der Waals surface area contributed by atoms with Gasteiger partial charge in [0, 0.05) is 5.02 Å². The number of nitrogens with two attached hydrogens (primary N) is 1. The summed E-state index contributed by atoms with van der Waals surface area (Å²) in [6.45, 7) is 1.60. The smallest absolute Gasteiger partial charge is 0.343 e. The minimum Gasteiger partial charge on any atom is -0.490 e. The zero-order valence-electron chi connectivity index (χ0n) is 16.3. The minimum atomic E-state index is -0.783. The molecule has 1 aliphatic heterocycles. The topological polar surface area (TPSA) is 116 Å². The van der Waals surface area contributed by atoms with Gasteiger partial charge in [-0.1, -0.05) is 17.7 Å². The molecule has 3 amide bonds. The number of primary amides is 1. The molecule has 0 unspecified atom stereocenters. The highest BCUT2D eigenvalue weighted by atomic mass is 35.5. The van der Waals surface area contributed by atoms with Crippen LogP contribution in [0.3, 0.4) is 0 Å². The van der Waals surface area contributed by atoms with Crippen molar-refractivity contribution in [3.05, 3.63) is 63.5 Å². The highest BCUT2D eigenvalue weighted by Gasteiger charge is 2.35. The van der Waals surface area contributed by atoms with Crippen LogP contribution >= 0.6 is 23.4 Å². The molecule has 0 spiro atoms. The van der Waals surface area contributed by atoms with Crippen molar-refractivity contribution in [2.24, 2.45) is 5.73 Å². The van der Waals surface area contributed by atoms with E-state index >= 15 is 0 Å². The molecule has 2 N–H and O–H groups in total. The van der Waals surface area contributed by atoms with Crippen molar-refractivity contribution in [2.45, 2.75) is 6.92 Å². The Labute approximate surface area is 186 Å². The van der Waals surface area contributed by atoms with Crippen LogP contribution in [-0.2, 0) is 9.59 Å². The number of amides is 3. The molecule has 0 aliphatic carbocycles. The highest BCUT2D eigenvalue weighted by Crippen LogP contribution is 2.34. The van der Waals surface area contributed by atoms with Gasteiger partial charge in [-0.2, -0.15) is 0 Å². The van der Waals surface area contributed by atoms with E-state index in [9.17, 15) is 19.2 Å². The molecular formula is C21H17ClN2O6S. The standard InChI is InChI=1S/C21H17ClN2O6S/c1-2-29-16-9-12(10-17-19(26)24(11-18(23)25)21(28)31-17)3-8-15(16)30-20(27)13-4-6-14(22)7-5-13/h3-10H,2,11H2,1H3,(H2,23,25)/b17-10-. The molecule has 0 aromatic heterocycles. The number of halogens is 1. The van der Waals surface area contributed by atoms with Crippen LogP contribution in [0, 0.1) is 0 Å². The third-order valence-corrected chi connectivity index (χ3v) is 5.19. The average molecular weight is 461 g/mol. The van der Waals surface area contributed by atoms with Crippen molar-refractivity contribution < 1.29 is 28.7 Å². The van der Waals surface area contributed by atoms with Gasteiger partial charge in [-0.3, -0.25) is 19.3 Å². The molecule has 1 saturated heterocycles. The summed E-state index contributed by atoms with van der Waals surface area (Å²) in [5, 5.41) is -0.0789. The van der Waals surface area contributed by atoms with Crippen LogP contribution in [0.4, 0.5) is 4.79 Å². The number of hydrogen-bond acceptors (Lipinski definition) is 7. The Bertz CT molecular complexity index is 1080. The maximum Gasteiger partial charge on any atom is 0.343 e. The first-order chi connectivity index (χ1) is 14.8. The van der Waals surface area contributed by atoms with Crippen LogP contribution in [0.1, 0.15) is 22.8 Å². The molecule has 1 heterocycles. The zero-order valence-corrected chi connectivity index (χ0v) is 17.9. The van der Waals surface area contributed by atoms with Crippen molar-refractivity contribution in [2.75, 3.05) is 13.2 Å². The number of nitrogens with zero attached hydrogens (tertiary/aromatic N) is 1. The molecule has 8 nitrogen and oxygen atoms in total. The van der Waals surface area contributed by atoms with E-state index in [2.05, 4.69) is 0 Å². The van der Waals surface area contributed by atoms with Gasteiger partial charge in [0.1, 0.15) is 6.54 Å². The number of imide groups is 1. The first-order valence-electron chi connectivity index (χ1n) is 9.06. The molecule has 31 heavy (non-hydrogen) atoms. The summed E-state index contributed by atoms with van der Waals surface area (Å²) < 4.78 is 11.0. The van der Waals surface area contributed by atoms with E-state index in [1.807, 2.05) is 0 Å². The minimum absolute atomic E-state index is 0.139. The normalized spacial score (nSPS) is 14.8. The number of thioether (sulfide) groups is 1. The molecule has 2 aromatic carbocycles. The molecule has 1 aliphatic rings. The summed E-state index contributed by atoms with van der Waals surface area (Å²) in [4.78, 5) is 48.7. The van der Waals surface area contributed by atoms with E-state index in [4.69, 9.17) is 26.8 Å².